The highest BCUT2D eigenvalue weighted by Crippen LogP contribution is 2.21. The van der Waals surface area contributed by atoms with Crippen LogP contribution in [0.25, 0.3) is 0 Å². The Balaban J connectivity index is 2.24. The topological polar surface area (TPSA) is 75.3 Å². The molecule has 1 aromatic heterocycles. The van der Waals surface area contributed by atoms with Gasteiger partial charge in [-0.3, -0.25) is 9.69 Å². The average Bonchev–Trinajstić information content (AvgIpc) is 2.47. The third-order valence-corrected chi connectivity index (χ3v) is 3.39. The maximum atomic E-state index is 13.4. The van der Waals surface area contributed by atoms with Gasteiger partial charge in [-0.25, -0.2) is 14.4 Å². The molecule has 7 heteroatoms. The molecular formula is C16H20FN5O. The number of hydrogen-bond donors (Lipinski definition) is 1. The summed E-state index contributed by atoms with van der Waals surface area (Å²) in [6, 6.07) is 6.92. The van der Waals surface area contributed by atoms with Crippen molar-refractivity contribution >= 4 is 11.9 Å². The molecule has 1 heterocycles. The van der Waals surface area contributed by atoms with Crippen LogP contribution < -0.4 is 10.6 Å². The minimum atomic E-state index is -0.733. The molecule has 0 aliphatic rings. The molecule has 0 spiro atoms. The number of primary amides is 1. The fourth-order valence-corrected chi connectivity index (χ4v) is 2.35. The molecule has 1 unspecified atom stereocenters. The highest BCUT2D eigenvalue weighted by molar-refractivity contribution is 5.81. The smallest absolute Gasteiger partial charge is 0.239 e. The number of aromatic nitrogens is 2. The van der Waals surface area contributed by atoms with Gasteiger partial charge in [-0.05, 0) is 30.8 Å². The van der Waals surface area contributed by atoms with E-state index in [1.54, 1.807) is 41.2 Å². The van der Waals surface area contributed by atoms with Crippen LogP contribution in [0.15, 0.2) is 36.5 Å². The second kappa shape index (κ2) is 7.15. The summed E-state index contributed by atoms with van der Waals surface area (Å²) in [5, 5.41) is 0. The predicted octanol–water partition coefficient (Wildman–Crippen LogP) is 1.34. The fraction of sp³-hybridized carbons (Fsp3) is 0.312. The summed E-state index contributed by atoms with van der Waals surface area (Å²) >= 11 is 0. The van der Waals surface area contributed by atoms with Gasteiger partial charge in [0.05, 0.1) is 5.69 Å². The Bertz CT molecular complexity index is 692. The summed E-state index contributed by atoms with van der Waals surface area (Å²) in [5.74, 6) is -0.364. The van der Waals surface area contributed by atoms with Crippen molar-refractivity contribution in [2.24, 2.45) is 5.73 Å². The Morgan fingerprint density at radius 3 is 2.65 bits per heavy atom. The minimum absolute atomic E-state index is 0.382. The standard InChI is InChI=1S/C16H20FN5O/c1-21(2)16-19-8-7-13(20-16)10-22(3)14(15(18)23)11-5-4-6-12(17)9-11/h4-9,14H,10H2,1-3H3,(H2,18,23). The Morgan fingerprint density at radius 1 is 1.30 bits per heavy atom. The maximum absolute atomic E-state index is 13.4. The number of amides is 1. The first kappa shape index (κ1) is 16.8. The van der Waals surface area contributed by atoms with Crippen molar-refractivity contribution in [1.29, 1.82) is 0 Å². The van der Waals surface area contributed by atoms with Crippen LogP contribution in [-0.2, 0) is 11.3 Å². The van der Waals surface area contributed by atoms with Crippen LogP contribution in [0.3, 0.4) is 0 Å². The number of likely N-dealkylation sites (N-methyl/N-ethyl adjacent to an activating group) is 1. The molecule has 0 saturated heterocycles. The van der Waals surface area contributed by atoms with Crippen molar-refractivity contribution < 1.29 is 9.18 Å². The van der Waals surface area contributed by atoms with E-state index in [2.05, 4.69) is 9.97 Å². The zero-order valence-corrected chi connectivity index (χ0v) is 13.4. The monoisotopic (exact) mass is 317 g/mol. The quantitative estimate of drug-likeness (QED) is 0.870. The second-order valence-electron chi connectivity index (χ2n) is 5.52. The van der Waals surface area contributed by atoms with Gasteiger partial charge < -0.3 is 10.6 Å². The van der Waals surface area contributed by atoms with E-state index in [1.165, 1.54) is 12.1 Å². The molecule has 0 radical (unpaired) electrons. The Hall–Kier alpha value is -2.54. The number of carbonyl (C=O) groups is 1. The third-order valence-electron chi connectivity index (χ3n) is 3.39. The van der Waals surface area contributed by atoms with Crippen LogP contribution in [0.2, 0.25) is 0 Å². The van der Waals surface area contributed by atoms with E-state index in [1.807, 2.05) is 14.1 Å². The van der Waals surface area contributed by atoms with Crippen molar-refractivity contribution in [3.63, 3.8) is 0 Å². The number of rotatable bonds is 6. The summed E-state index contributed by atoms with van der Waals surface area (Å²) < 4.78 is 13.4. The van der Waals surface area contributed by atoms with E-state index in [4.69, 9.17) is 5.73 Å². The van der Waals surface area contributed by atoms with Gasteiger partial charge in [-0.1, -0.05) is 12.1 Å². The van der Waals surface area contributed by atoms with Crippen LogP contribution in [0.4, 0.5) is 10.3 Å². The van der Waals surface area contributed by atoms with E-state index < -0.39 is 17.8 Å². The second-order valence-corrected chi connectivity index (χ2v) is 5.52. The van der Waals surface area contributed by atoms with Crippen LogP contribution in [0.5, 0.6) is 0 Å². The highest BCUT2D eigenvalue weighted by atomic mass is 19.1. The molecule has 23 heavy (non-hydrogen) atoms. The molecule has 0 aliphatic carbocycles. The molecule has 0 saturated carbocycles. The van der Waals surface area contributed by atoms with E-state index in [0.717, 1.165) is 5.69 Å². The Kier molecular flexibility index (Phi) is 5.23. The fourth-order valence-electron chi connectivity index (χ4n) is 2.35. The summed E-state index contributed by atoms with van der Waals surface area (Å²) in [6.45, 7) is 0.382. The lowest BCUT2D eigenvalue weighted by atomic mass is 10.0. The van der Waals surface area contributed by atoms with Crippen molar-refractivity contribution in [2.45, 2.75) is 12.6 Å². The molecule has 2 rings (SSSR count). The maximum Gasteiger partial charge on any atom is 0.239 e. The van der Waals surface area contributed by atoms with Crippen molar-refractivity contribution in [1.82, 2.24) is 14.9 Å². The molecule has 0 fully saturated rings. The zero-order chi connectivity index (χ0) is 17.0. The number of anilines is 1. The van der Waals surface area contributed by atoms with Crippen molar-refractivity contribution in [2.75, 3.05) is 26.0 Å². The summed E-state index contributed by atoms with van der Waals surface area (Å²) in [6.07, 6.45) is 1.66. The number of carbonyl (C=O) groups excluding carboxylic acids is 1. The van der Waals surface area contributed by atoms with Gasteiger partial charge in [0.25, 0.3) is 0 Å². The lowest BCUT2D eigenvalue weighted by Gasteiger charge is -2.25. The SMILES string of the molecule is CN(C)c1nccc(CN(C)C(C(N)=O)c2cccc(F)c2)n1. The largest absolute Gasteiger partial charge is 0.368 e. The molecule has 1 aromatic carbocycles. The van der Waals surface area contributed by atoms with Gasteiger partial charge in [0.1, 0.15) is 11.9 Å². The molecule has 1 atom stereocenters. The number of benzene rings is 1. The van der Waals surface area contributed by atoms with Gasteiger partial charge >= 0.3 is 0 Å². The first-order valence-electron chi connectivity index (χ1n) is 7.12. The highest BCUT2D eigenvalue weighted by Gasteiger charge is 2.23. The molecule has 1 amide bonds. The number of hydrogen-bond acceptors (Lipinski definition) is 5. The molecule has 2 N–H and O–H groups in total. The first-order valence-corrected chi connectivity index (χ1v) is 7.12. The van der Waals surface area contributed by atoms with Gasteiger partial charge in [0.2, 0.25) is 11.9 Å². The lowest BCUT2D eigenvalue weighted by Crippen LogP contribution is -2.35. The first-order chi connectivity index (χ1) is 10.9. The van der Waals surface area contributed by atoms with Crippen LogP contribution in [0, 0.1) is 5.82 Å². The normalized spacial score (nSPS) is 12.2. The summed E-state index contributed by atoms with van der Waals surface area (Å²) in [7, 11) is 5.45. The van der Waals surface area contributed by atoms with E-state index in [-0.39, 0.29) is 0 Å². The molecule has 122 valence electrons. The van der Waals surface area contributed by atoms with E-state index in [0.29, 0.717) is 18.1 Å². The Labute approximate surface area is 134 Å². The zero-order valence-electron chi connectivity index (χ0n) is 13.4. The molecular weight excluding hydrogens is 297 g/mol. The minimum Gasteiger partial charge on any atom is -0.368 e. The number of nitrogens with zero attached hydrogens (tertiary/aromatic N) is 4. The van der Waals surface area contributed by atoms with E-state index >= 15 is 0 Å². The van der Waals surface area contributed by atoms with Crippen LogP contribution in [-0.4, -0.2) is 41.9 Å². The lowest BCUT2D eigenvalue weighted by molar-refractivity contribution is -0.123. The van der Waals surface area contributed by atoms with Crippen LogP contribution in [0.1, 0.15) is 17.3 Å². The van der Waals surface area contributed by atoms with E-state index in [9.17, 15) is 9.18 Å². The summed E-state index contributed by atoms with van der Waals surface area (Å²) in [5.41, 5.74) is 6.77. The van der Waals surface area contributed by atoms with Gasteiger partial charge in [-0.2, -0.15) is 0 Å². The van der Waals surface area contributed by atoms with Crippen molar-refractivity contribution in [3.8, 4) is 0 Å². The third kappa shape index (κ3) is 4.23. The number of halogens is 1. The van der Waals surface area contributed by atoms with Gasteiger partial charge in [-0.15, -0.1) is 0 Å². The molecule has 6 nitrogen and oxygen atoms in total. The van der Waals surface area contributed by atoms with Crippen LogP contribution >= 0.6 is 0 Å². The van der Waals surface area contributed by atoms with Gasteiger partial charge in [0.15, 0.2) is 0 Å². The molecule has 0 bridgehead atoms. The van der Waals surface area contributed by atoms with Gasteiger partial charge in [0, 0.05) is 26.8 Å². The Morgan fingerprint density at radius 2 is 2.04 bits per heavy atom. The summed E-state index contributed by atoms with van der Waals surface area (Å²) in [4.78, 5) is 23.9. The molecule has 2 aromatic rings. The molecule has 0 aliphatic heterocycles. The van der Waals surface area contributed by atoms with Crippen molar-refractivity contribution in [3.05, 3.63) is 53.6 Å². The average molecular weight is 317 g/mol. The number of nitrogens with two attached hydrogens (primary N) is 1. The predicted molar refractivity (Wildman–Crippen MR) is 86.2 cm³/mol.